The highest BCUT2D eigenvalue weighted by Crippen LogP contribution is 2.18. The number of aromatic nitrogens is 2. The van der Waals surface area contributed by atoms with Crippen molar-refractivity contribution in [3.05, 3.63) is 77.1 Å². The van der Waals surface area contributed by atoms with Gasteiger partial charge in [0, 0.05) is 17.5 Å². The second kappa shape index (κ2) is 7.59. The first kappa shape index (κ1) is 19.8. The van der Waals surface area contributed by atoms with Crippen LogP contribution in [0.4, 0.5) is 0 Å². The van der Waals surface area contributed by atoms with E-state index < -0.39 is 9.84 Å². The number of hydrogen-bond donors (Lipinski definition) is 1. The molecule has 2 aromatic carbocycles. The lowest BCUT2D eigenvalue weighted by Crippen LogP contribution is -2.26. The Morgan fingerprint density at radius 1 is 1.04 bits per heavy atom. The van der Waals surface area contributed by atoms with Crippen LogP contribution in [0.15, 0.2) is 59.5 Å². The Bertz CT molecular complexity index is 1100. The van der Waals surface area contributed by atoms with Gasteiger partial charge in [-0.15, -0.1) is 0 Å². The van der Waals surface area contributed by atoms with E-state index in [1.54, 1.807) is 36.4 Å². The standard InChI is InChI=1S/C21H23N3O3S/c1-14-13-15(2)24(23-14)19-9-5-18(6-10-19)21(25)22-16(3)17-7-11-20(12-8-17)28(4,26)27/h5-13,16H,1-4H3,(H,22,25). The van der Waals surface area contributed by atoms with Crippen LogP contribution in [0.5, 0.6) is 0 Å². The van der Waals surface area contributed by atoms with Crippen molar-refractivity contribution in [1.29, 1.82) is 0 Å². The molecule has 146 valence electrons. The molecule has 1 atom stereocenters. The van der Waals surface area contributed by atoms with E-state index in [0.717, 1.165) is 22.6 Å². The maximum absolute atomic E-state index is 12.5. The van der Waals surface area contributed by atoms with Gasteiger partial charge in [-0.05, 0) is 68.8 Å². The summed E-state index contributed by atoms with van der Waals surface area (Å²) in [5.41, 5.74) is 4.24. The van der Waals surface area contributed by atoms with Crippen LogP contribution in [0.25, 0.3) is 5.69 Å². The van der Waals surface area contributed by atoms with Gasteiger partial charge < -0.3 is 5.32 Å². The van der Waals surface area contributed by atoms with Crippen molar-refractivity contribution in [3.63, 3.8) is 0 Å². The smallest absolute Gasteiger partial charge is 0.251 e. The summed E-state index contributed by atoms with van der Waals surface area (Å²) in [6.45, 7) is 5.78. The molecule has 0 bridgehead atoms. The minimum absolute atomic E-state index is 0.195. The highest BCUT2D eigenvalue weighted by Gasteiger charge is 2.13. The topological polar surface area (TPSA) is 81.1 Å². The molecule has 1 aromatic heterocycles. The highest BCUT2D eigenvalue weighted by molar-refractivity contribution is 7.90. The van der Waals surface area contributed by atoms with E-state index in [1.807, 2.05) is 43.7 Å². The average molecular weight is 398 g/mol. The highest BCUT2D eigenvalue weighted by atomic mass is 32.2. The first-order valence-corrected chi connectivity index (χ1v) is 10.8. The molecule has 1 heterocycles. The minimum Gasteiger partial charge on any atom is -0.346 e. The Morgan fingerprint density at radius 2 is 1.64 bits per heavy atom. The molecular weight excluding hydrogens is 374 g/mol. The fourth-order valence-corrected chi connectivity index (χ4v) is 3.64. The third-order valence-corrected chi connectivity index (χ3v) is 5.67. The third-order valence-electron chi connectivity index (χ3n) is 4.54. The number of carbonyl (C=O) groups is 1. The Morgan fingerprint density at radius 3 is 2.14 bits per heavy atom. The van der Waals surface area contributed by atoms with E-state index in [0.29, 0.717) is 5.56 Å². The number of aryl methyl sites for hydroxylation is 2. The van der Waals surface area contributed by atoms with Gasteiger partial charge in [-0.1, -0.05) is 12.1 Å². The fraction of sp³-hybridized carbons (Fsp3) is 0.238. The maximum atomic E-state index is 12.5. The Kier molecular flexibility index (Phi) is 5.38. The van der Waals surface area contributed by atoms with Crippen molar-refractivity contribution in [1.82, 2.24) is 15.1 Å². The number of nitrogens with zero attached hydrogens (tertiary/aromatic N) is 2. The van der Waals surface area contributed by atoms with Crippen molar-refractivity contribution < 1.29 is 13.2 Å². The largest absolute Gasteiger partial charge is 0.346 e. The summed E-state index contributed by atoms with van der Waals surface area (Å²) in [5.74, 6) is -0.195. The monoisotopic (exact) mass is 397 g/mol. The van der Waals surface area contributed by atoms with Gasteiger partial charge in [0.25, 0.3) is 5.91 Å². The van der Waals surface area contributed by atoms with Crippen LogP contribution in [0.1, 0.15) is 40.3 Å². The molecule has 1 unspecified atom stereocenters. The zero-order valence-corrected chi connectivity index (χ0v) is 17.1. The molecule has 0 aliphatic carbocycles. The van der Waals surface area contributed by atoms with Gasteiger partial charge in [-0.3, -0.25) is 4.79 Å². The lowest BCUT2D eigenvalue weighted by Gasteiger charge is -2.15. The summed E-state index contributed by atoms with van der Waals surface area (Å²) >= 11 is 0. The van der Waals surface area contributed by atoms with Gasteiger partial charge in [0.05, 0.1) is 22.3 Å². The maximum Gasteiger partial charge on any atom is 0.251 e. The fourth-order valence-electron chi connectivity index (χ4n) is 3.01. The molecule has 0 aliphatic rings. The average Bonchev–Trinajstić information content (AvgIpc) is 2.99. The minimum atomic E-state index is -3.23. The van der Waals surface area contributed by atoms with E-state index in [1.165, 1.54) is 6.26 Å². The van der Waals surface area contributed by atoms with Crippen LogP contribution >= 0.6 is 0 Å². The summed E-state index contributed by atoms with van der Waals surface area (Å²) < 4.78 is 24.9. The van der Waals surface area contributed by atoms with E-state index in [9.17, 15) is 13.2 Å². The summed E-state index contributed by atoms with van der Waals surface area (Å²) in [4.78, 5) is 12.8. The number of carbonyl (C=O) groups excluding carboxylic acids is 1. The normalized spacial score (nSPS) is 12.6. The van der Waals surface area contributed by atoms with Crippen molar-refractivity contribution in [2.75, 3.05) is 6.26 Å². The molecule has 0 radical (unpaired) electrons. The molecule has 28 heavy (non-hydrogen) atoms. The van der Waals surface area contributed by atoms with Crippen LogP contribution in [0.2, 0.25) is 0 Å². The van der Waals surface area contributed by atoms with E-state index in [4.69, 9.17) is 0 Å². The molecule has 3 aromatic rings. The van der Waals surface area contributed by atoms with Crippen LogP contribution in [0, 0.1) is 13.8 Å². The van der Waals surface area contributed by atoms with Gasteiger partial charge >= 0.3 is 0 Å². The predicted octanol–water partition coefficient (Wildman–Crippen LogP) is 3.38. The van der Waals surface area contributed by atoms with Gasteiger partial charge in [0.1, 0.15) is 0 Å². The Labute approximate surface area is 165 Å². The van der Waals surface area contributed by atoms with Gasteiger partial charge in [-0.2, -0.15) is 5.10 Å². The zero-order valence-electron chi connectivity index (χ0n) is 16.3. The molecule has 1 amide bonds. The van der Waals surface area contributed by atoms with Gasteiger partial charge in [0.2, 0.25) is 0 Å². The second-order valence-electron chi connectivity index (χ2n) is 6.92. The molecular formula is C21H23N3O3S. The molecule has 6 nitrogen and oxygen atoms in total. The first-order valence-electron chi connectivity index (χ1n) is 8.90. The molecule has 0 saturated heterocycles. The number of rotatable bonds is 5. The molecule has 0 aliphatic heterocycles. The molecule has 3 rings (SSSR count). The summed E-state index contributed by atoms with van der Waals surface area (Å²) in [6, 6.07) is 15.5. The number of amides is 1. The van der Waals surface area contributed by atoms with Crippen molar-refractivity contribution in [2.45, 2.75) is 31.7 Å². The third kappa shape index (κ3) is 4.31. The zero-order chi connectivity index (χ0) is 20.5. The van der Waals surface area contributed by atoms with Crippen molar-refractivity contribution in [2.24, 2.45) is 0 Å². The Balaban J connectivity index is 1.71. The van der Waals surface area contributed by atoms with Gasteiger partial charge in [-0.25, -0.2) is 13.1 Å². The molecule has 0 saturated carbocycles. The van der Waals surface area contributed by atoms with E-state index in [-0.39, 0.29) is 16.8 Å². The van der Waals surface area contributed by atoms with E-state index in [2.05, 4.69) is 10.4 Å². The molecule has 7 heteroatoms. The summed E-state index contributed by atoms with van der Waals surface area (Å²) in [5, 5.41) is 7.38. The summed E-state index contributed by atoms with van der Waals surface area (Å²) in [7, 11) is -3.23. The van der Waals surface area contributed by atoms with E-state index >= 15 is 0 Å². The summed E-state index contributed by atoms with van der Waals surface area (Å²) in [6.07, 6.45) is 1.17. The number of nitrogens with one attached hydrogen (secondary N) is 1. The molecule has 1 N–H and O–H groups in total. The number of benzene rings is 2. The lowest BCUT2D eigenvalue weighted by molar-refractivity contribution is 0.0940. The SMILES string of the molecule is Cc1cc(C)n(-c2ccc(C(=O)NC(C)c3ccc(S(C)(=O)=O)cc3)cc2)n1. The first-order chi connectivity index (χ1) is 13.1. The van der Waals surface area contributed by atoms with Crippen molar-refractivity contribution in [3.8, 4) is 5.69 Å². The lowest BCUT2D eigenvalue weighted by atomic mass is 10.1. The van der Waals surface area contributed by atoms with Crippen LogP contribution in [0.3, 0.4) is 0 Å². The van der Waals surface area contributed by atoms with Gasteiger partial charge in [0.15, 0.2) is 9.84 Å². The second-order valence-corrected chi connectivity index (χ2v) is 8.94. The van der Waals surface area contributed by atoms with Crippen LogP contribution in [-0.2, 0) is 9.84 Å². The quantitative estimate of drug-likeness (QED) is 0.716. The number of hydrogen-bond acceptors (Lipinski definition) is 4. The predicted molar refractivity (Wildman–Crippen MR) is 108 cm³/mol. The van der Waals surface area contributed by atoms with Crippen LogP contribution in [-0.4, -0.2) is 30.4 Å². The van der Waals surface area contributed by atoms with Crippen molar-refractivity contribution >= 4 is 15.7 Å². The number of sulfone groups is 1. The molecule has 0 fully saturated rings. The molecule has 0 spiro atoms. The Hall–Kier alpha value is -2.93. The van der Waals surface area contributed by atoms with Crippen LogP contribution < -0.4 is 5.32 Å².